The molecular weight excluding hydrogens is 256 g/mol. The van der Waals surface area contributed by atoms with Crippen molar-refractivity contribution in [1.82, 2.24) is 5.32 Å². The van der Waals surface area contributed by atoms with Gasteiger partial charge in [-0.05, 0) is 37.5 Å². The third-order valence-electron chi connectivity index (χ3n) is 2.82. The fourth-order valence-corrected chi connectivity index (χ4v) is 1.59. The van der Waals surface area contributed by atoms with Gasteiger partial charge in [-0.2, -0.15) is 0 Å². The first-order chi connectivity index (χ1) is 9.31. The van der Waals surface area contributed by atoms with E-state index in [4.69, 9.17) is 10.5 Å². The van der Waals surface area contributed by atoms with Crippen LogP contribution >= 0.6 is 0 Å². The van der Waals surface area contributed by atoms with Crippen molar-refractivity contribution in [2.45, 2.75) is 33.8 Å². The van der Waals surface area contributed by atoms with E-state index in [1.807, 2.05) is 13.8 Å². The molecule has 1 amide bonds. The number of amides is 1. The predicted octanol–water partition coefficient (Wildman–Crippen LogP) is 1.89. The Bertz CT molecular complexity index is 498. The molecule has 0 saturated heterocycles. The molecule has 0 radical (unpaired) electrons. The number of ether oxygens (including phenoxy) is 1. The maximum absolute atomic E-state index is 12.0. The average Bonchev–Trinajstić information content (AvgIpc) is 2.38. The molecule has 0 aliphatic carbocycles. The zero-order chi connectivity index (χ0) is 15.3. The van der Waals surface area contributed by atoms with Crippen LogP contribution in [0.5, 0.6) is 0 Å². The highest BCUT2D eigenvalue weighted by molar-refractivity contribution is 5.94. The van der Waals surface area contributed by atoms with Crippen molar-refractivity contribution in [1.29, 1.82) is 0 Å². The van der Waals surface area contributed by atoms with Crippen molar-refractivity contribution >= 4 is 17.6 Å². The maximum atomic E-state index is 12.0. The maximum Gasteiger partial charge on any atom is 0.339 e. The highest BCUT2D eigenvalue weighted by atomic mass is 16.5. The summed E-state index contributed by atoms with van der Waals surface area (Å²) in [6.45, 7) is 7.88. The SMILES string of the molecule is Cc1ccc(N)cc1C(=O)OC(C)C(=O)NCC(C)C. The molecule has 3 N–H and O–H groups in total. The third kappa shape index (κ3) is 4.57. The van der Waals surface area contributed by atoms with Gasteiger partial charge in [0.25, 0.3) is 5.91 Å². The van der Waals surface area contributed by atoms with Gasteiger partial charge in [-0.3, -0.25) is 4.79 Å². The van der Waals surface area contributed by atoms with E-state index in [1.54, 1.807) is 32.0 Å². The Balaban J connectivity index is 2.65. The second-order valence-electron chi connectivity index (χ2n) is 5.26. The number of esters is 1. The monoisotopic (exact) mass is 278 g/mol. The number of hydrogen-bond acceptors (Lipinski definition) is 4. The van der Waals surface area contributed by atoms with Crippen molar-refractivity contribution in [3.8, 4) is 0 Å². The third-order valence-corrected chi connectivity index (χ3v) is 2.82. The number of nitrogens with one attached hydrogen (secondary N) is 1. The van der Waals surface area contributed by atoms with Crippen molar-refractivity contribution in [2.75, 3.05) is 12.3 Å². The van der Waals surface area contributed by atoms with Gasteiger partial charge in [0.05, 0.1) is 5.56 Å². The number of anilines is 1. The van der Waals surface area contributed by atoms with E-state index in [2.05, 4.69) is 5.32 Å². The highest BCUT2D eigenvalue weighted by Gasteiger charge is 2.20. The summed E-state index contributed by atoms with van der Waals surface area (Å²) in [5, 5.41) is 2.72. The number of benzene rings is 1. The number of rotatable bonds is 5. The molecule has 1 unspecified atom stereocenters. The molecule has 0 aliphatic heterocycles. The molecule has 5 nitrogen and oxygen atoms in total. The van der Waals surface area contributed by atoms with Crippen LogP contribution in [-0.2, 0) is 9.53 Å². The molecule has 0 fully saturated rings. The standard InChI is InChI=1S/C15H22N2O3/c1-9(2)8-17-14(18)11(4)20-15(19)13-7-12(16)6-5-10(13)3/h5-7,9,11H,8,16H2,1-4H3,(H,17,18). The Kier molecular flexibility index (Phi) is 5.55. The predicted molar refractivity (Wildman–Crippen MR) is 78.3 cm³/mol. The van der Waals surface area contributed by atoms with Crippen LogP contribution in [0, 0.1) is 12.8 Å². The normalized spacial score (nSPS) is 12.1. The Labute approximate surface area is 119 Å². The Hall–Kier alpha value is -2.04. The summed E-state index contributed by atoms with van der Waals surface area (Å²) in [4.78, 5) is 23.8. The Morgan fingerprint density at radius 2 is 1.95 bits per heavy atom. The van der Waals surface area contributed by atoms with Crippen LogP contribution < -0.4 is 11.1 Å². The van der Waals surface area contributed by atoms with Gasteiger partial charge in [-0.25, -0.2) is 4.79 Å². The summed E-state index contributed by atoms with van der Waals surface area (Å²) >= 11 is 0. The van der Waals surface area contributed by atoms with Gasteiger partial charge < -0.3 is 15.8 Å². The summed E-state index contributed by atoms with van der Waals surface area (Å²) in [6.07, 6.45) is -0.831. The smallest absolute Gasteiger partial charge is 0.339 e. The number of nitrogens with two attached hydrogens (primary N) is 1. The van der Waals surface area contributed by atoms with E-state index < -0.39 is 12.1 Å². The molecule has 5 heteroatoms. The van der Waals surface area contributed by atoms with Crippen LogP contribution in [0.15, 0.2) is 18.2 Å². The first kappa shape index (κ1) is 16.0. The van der Waals surface area contributed by atoms with Gasteiger partial charge in [0.1, 0.15) is 0 Å². The number of aryl methyl sites for hydroxylation is 1. The molecule has 1 aromatic rings. The zero-order valence-electron chi connectivity index (χ0n) is 12.4. The van der Waals surface area contributed by atoms with E-state index in [9.17, 15) is 9.59 Å². The average molecular weight is 278 g/mol. The summed E-state index contributed by atoms with van der Waals surface area (Å²) in [7, 11) is 0. The highest BCUT2D eigenvalue weighted by Crippen LogP contribution is 2.14. The number of carbonyl (C=O) groups is 2. The van der Waals surface area contributed by atoms with Crippen molar-refractivity contribution in [3.05, 3.63) is 29.3 Å². The lowest BCUT2D eigenvalue weighted by atomic mass is 10.1. The van der Waals surface area contributed by atoms with Gasteiger partial charge in [0, 0.05) is 12.2 Å². The van der Waals surface area contributed by atoms with Crippen LogP contribution in [0.4, 0.5) is 5.69 Å². The minimum Gasteiger partial charge on any atom is -0.449 e. The van der Waals surface area contributed by atoms with Crippen LogP contribution in [-0.4, -0.2) is 24.5 Å². The molecule has 110 valence electrons. The van der Waals surface area contributed by atoms with E-state index in [0.717, 1.165) is 5.56 Å². The molecule has 0 spiro atoms. The van der Waals surface area contributed by atoms with Crippen LogP contribution in [0.1, 0.15) is 36.7 Å². The molecule has 0 aliphatic rings. The molecule has 20 heavy (non-hydrogen) atoms. The first-order valence-electron chi connectivity index (χ1n) is 6.66. The van der Waals surface area contributed by atoms with E-state index in [0.29, 0.717) is 23.7 Å². The minimum atomic E-state index is -0.831. The number of nitrogen functional groups attached to an aromatic ring is 1. The lowest BCUT2D eigenvalue weighted by Crippen LogP contribution is -2.37. The van der Waals surface area contributed by atoms with Crippen molar-refractivity contribution < 1.29 is 14.3 Å². The lowest BCUT2D eigenvalue weighted by Gasteiger charge is -2.15. The molecule has 0 bridgehead atoms. The summed E-state index contributed by atoms with van der Waals surface area (Å²) in [6, 6.07) is 5.01. The van der Waals surface area contributed by atoms with Gasteiger partial charge in [-0.15, -0.1) is 0 Å². The second-order valence-corrected chi connectivity index (χ2v) is 5.26. The van der Waals surface area contributed by atoms with E-state index in [1.165, 1.54) is 0 Å². The Morgan fingerprint density at radius 1 is 1.30 bits per heavy atom. The summed E-state index contributed by atoms with van der Waals surface area (Å²) < 4.78 is 5.16. The van der Waals surface area contributed by atoms with E-state index in [-0.39, 0.29) is 5.91 Å². The Morgan fingerprint density at radius 3 is 2.55 bits per heavy atom. The van der Waals surface area contributed by atoms with Gasteiger partial charge in [0.15, 0.2) is 6.10 Å². The quantitative estimate of drug-likeness (QED) is 0.636. The fraction of sp³-hybridized carbons (Fsp3) is 0.467. The van der Waals surface area contributed by atoms with Gasteiger partial charge in [-0.1, -0.05) is 19.9 Å². The summed E-state index contributed by atoms with van der Waals surface area (Å²) in [5.74, 6) is -0.492. The van der Waals surface area contributed by atoms with Gasteiger partial charge in [0.2, 0.25) is 0 Å². The first-order valence-corrected chi connectivity index (χ1v) is 6.66. The van der Waals surface area contributed by atoms with Crippen molar-refractivity contribution in [3.63, 3.8) is 0 Å². The fourth-order valence-electron chi connectivity index (χ4n) is 1.59. The summed E-state index contributed by atoms with van der Waals surface area (Å²) in [5.41, 5.74) is 7.28. The molecular formula is C15H22N2O3. The minimum absolute atomic E-state index is 0.298. The van der Waals surface area contributed by atoms with Crippen LogP contribution in [0.2, 0.25) is 0 Å². The van der Waals surface area contributed by atoms with E-state index >= 15 is 0 Å². The topological polar surface area (TPSA) is 81.4 Å². The van der Waals surface area contributed by atoms with Crippen LogP contribution in [0.25, 0.3) is 0 Å². The van der Waals surface area contributed by atoms with Crippen LogP contribution in [0.3, 0.4) is 0 Å². The second kappa shape index (κ2) is 6.93. The molecule has 1 aromatic carbocycles. The van der Waals surface area contributed by atoms with Crippen molar-refractivity contribution in [2.24, 2.45) is 5.92 Å². The molecule has 0 heterocycles. The zero-order valence-corrected chi connectivity index (χ0v) is 12.4. The van der Waals surface area contributed by atoms with Gasteiger partial charge >= 0.3 is 5.97 Å². The molecule has 1 rings (SSSR count). The molecule has 0 saturated carbocycles. The molecule has 0 aromatic heterocycles. The largest absolute Gasteiger partial charge is 0.449 e. The number of carbonyl (C=O) groups excluding carboxylic acids is 2. The molecule has 1 atom stereocenters. The number of hydrogen-bond donors (Lipinski definition) is 2. The lowest BCUT2D eigenvalue weighted by molar-refractivity contribution is -0.129.